The molecule has 0 spiro atoms. The highest BCUT2D eigenvalue weighted by Gasteiger charge is 2.34. The van der Waals surface area contributed by atoms with Gasteiger partial charge in [-0.25, -0.2) is 9.59 Å². The summed E-state index contributed by atoms with van der Waals surface area (Å²) in [6.45, 7) is 4.14. The molecule has 0 bridgehead atoms. The zero-order chi connectivity index (χ0) is 18.4. The van der Waals surface area contributed by atoms with Crippen LogP contribution in [0, 0.1) is 0 Å². The van der Waals surface area contributed by atoms with Crippen LogP contribution in [0.2, 0.25) is 0 Å². The Morgan fingerprint density at radius 2 is 2.08 bits per heavy atom. The van der Waals surface area contributed by atoms with Crippen LogP contribution in [-0.2, 0) is 9.53 Å². The number of nitrogens with one attached hydrogen (secondary N) is 2. The van der Waals surface area contributed by atoms with Gasteiger partial charge in [-0.05, 0) is 31.5 Å². The largest absolute Gasteiger partial charge is 0.496 e. The normalized spacial score (nSPS) is 17.0. The van der Waals surface area contributed by atoms with Crippen molar-refractivity contribution in [1.82, 2.24) is 10.6 Å². The number of rotatable bonds is 7. The molecule has 1 atom stereocenters. The Morgan fingerprint density at radius 1 is 1.32 bits per heavy atom. The third-order valence-corrected chi connectivity index (χ3v) is 4.47. The van der Waals surface area contributed by atoms with Gasteiger partial charge in [0.05, 0.1) is 25.3 Å². The van der Waals surface area contributed by atoms with Gasteiger partial charge in [-0.3, -0.25) is 0 Å². The van der Waals surface area contributed by atoms with E-state index in [2.05, 4.69) is 33.5 Å². The fourth-order valence-corrected chi connectivity index (χ4v) is 3.10. The van der Waals surface area contributed by atoms with Crippen molar-refractivity contribution in [2.24, 2.45) is 0 Å². The maximum atomic E-state index is 12.6. The molecule has 0 aliphatic carbocycles. The van der Waals surface area contributed by atoms with Crippen molar-refractivity contribution in [3.8, 4) is 5.75 Å². The standard InChI is InChI=1S/C18H23BrN2O4/c1-4-5-6-9-25-17(22)15-11(2)20-18(23)21-16(15)13-10-12(19)7-8-14(13)24-3/h7-8,10,16H,4-6,9H2,1-3H3,(H2,20,21,23). The van der Waals surface area contributed by atoms with E-state index in [1.54, 1.807) is 20.1 Å². The van der Waals surface area contributed by atoms with E-state index in [4.69, 9.17) is 9.47 Å². The predicted octanol–water partition coefficient (Wildman–Crippen LogP) is 3.82. The number of benzene rings is 1. The zero-order valence-corrected chi connectivity index (χ0v) is 16.2. The molecule has 0 saturated carbocycles. The van der Waals surface area contributed by atoms with E-state index in [1.165, 1.54) is 0 Å². The van der Waals surface area contributed by atoms with E-state index in [1.807, 2.05) is 12.1 Å². The van der Waals surface area contributed by atoms with Gasteiger partial charge in [-0.2, -0.15) is 0 Å². The smallest absolute Gasteiger partial charge is 0.338 e. The van der Waals surface area contributed by atoms with Gasteiger partial charge in [0.2, 0.25) is 0 Å². The van der Waals surface area contributed by atoms with E-state index in [9.17, 15) is 9.59 Å². The molecular weight excluding hydrogens is 388 g/mol. The molecule has 6 nitrogen and oxygen atoms in total. The van der Waals surface area contributed by atoms with Gasteiger partial charge in [0, 0.05) is 15.7 Å². The van der Waals surface area contributed by atoms with Crippen LogP contribution >= 0.6 is 15.9 Å². The molecule has 1 unspecified atom stereocenters. The molecule has 136 valence electrons. The fourth-order valence-electron chi connectivity index (χ4n) is 2.72. The van der Waals surface area contributed by atoms with Gasteiger partial charge in [0.15, 0.2) is 0 Å². The first-order valence-electron chi connectivity index (χ1n) is 8.26. The van der Waals surface area contributed by atoms with Crippen LogP contribution in [0.3, 0.4) is 0 Å². The Morgan fingerprint density at radius 3 is 2.76 bits per heavy atom. The second-order valence-corrected chi connectivity index (χ2v) is 6.72. The summed E-state index contributed by atoms with van der Waals surface area (Å²) in [7, 11) is 1.55. The zero-order valence-electron chi connectivity index (χ0n) is 14.6. The number of carbonyl (C=O) groups is 2. The van der Waals surface area contributed by atoms with Gasteiger partial charge in [-0.1, -0.05) is 35.7 Å². The molecule has 0 radical (unpaired) electrons. The number of hydrogen-bond acceptors (Lipinski definition) is 4. The van der Waals surface area contributed by atoms with Crippen LogP contribution in [0.4, 0.5) is 4.79 Å². The minimum Gasteiger partial charge on any atom is -0.496 e. The minimum atomic E-state index is -0.639. The molecule has 2 rings (SSSR count). The van der Waals surface area contributed by atoms with Gasteiger partial charge in [0.1, 0.15) is 5.75 Å². The number of unbranched alkanes of at least 4 members (excludes halogenated alkanes) is 2. The Balaban J connectivity index is 2.34. The molecule has 0 saturated heterocycles. The summed E-state index contributed by atoms with van der Waals surface area (Å²) in [6, 6.07) is 4.44. The molecule has 1 aliphatic heterocycles. The van der Waals surface area contributed by atoms with Crippen molar-refractivity contribution < 1.29 is 19.1 Å². The second kappa shape index (κ2) is 8.89. The monoisotopic (exact) mass is 410 g/mol. The fraction of sp³-hybridized carbons (Fsp3) is 0.444. The summed E-state index contributed by atoms with van der Waals surface area (Å²) in [5, 5.41) is 5.43. The number of carbonyl (C=O) groups excluding carboxylic acids is 2. The summed E-state index contributed by atoms with van der Waals surface area (Å²) in [5.74, 6) is 0.146. The molecule has 2 N–H and O–H groups in total. The van der Waals surface area contributed by atoms with Crippen LogP contribution in [0.15, 0.2) is 33.9 Å². The number of hydrogen-bond donors (Lipinski definition) is 2. The van der Waals surface area contributed by atoms with Gasteiger partial charge >= 0.3 is 12.0 Å². The molecule has 1 aromatic rings. The van der Waals surface area contributed by atoms with Crippen molar-refractivity contribution >= 4 is 27.9 Å². The minimum absolute atomic E-state index is 0.361. The average molecular weight is 411 g/mol. The number of esters is 1. The number of allylic oxidation sites excluding steroid dienone is 1. The first-order valence-corrected chi connectivity index (χ1v) is 9.06. The van der Waals surface area contributed by atoms with Gasteiger partial charge in [-0.15, -0.1) is 0 Å². The SMILES string of the molecule is CCCCCOC(=O)C1=C(C)NC(=O)NC1c1cc(Br)ccc1OC. The molecule has 1 aromatic carbocycles. The number of halogens is 1. The molecular formula is C18H23BrN2O4. The van der Waals surface area contributed by atoms with E-state index in [0.29, 0.717) is 29.2 Å². The second-order valence-electron chi connectivity index (χ2n) is 5.80. The topological polar surface area (TPSA) is 76.7 Å². The Hall–Kier alpha value is -2.02. The molecule has 1 aliphatic rings. The van der Waals surface area contributed by atoms with Crippen LogP contribution in [0.25, 0.3) is 0 Å². The first kappa shape index (κ1) is 19.3. The van der Waals surface area contributed by atoms with E-state index in [0.717, 1.165) is 23.7 Å². The number of urea groups is 1. The Labute approximate surface area is 156 Å². The summed E-state index contributed by atoms with van der Waals surface area (Å²) in [4.78, 5) is 24.6. The Kier molecular flexibility index (Phi) is 6.87. The highest BCUT2D eigenvalue weighted by molar-refractivity contribution is 9.10. The van der Waals surface area contributed by atoms with Crippen molar-refractivity contribution in [1.29, 1.82) is 0 Å². The number of amides is 2. The van der Waals surface area contributed by atoms with Crippen LogP contribution < -0.4 is 15.4 Å². The van der Waals surface area contributed by atoms with E-state index < -0.39 is 12.0 Å². The molecule has 25 heavy (non-hydrogen) atoms. The van der Waals surface area contributed by atoms with Crippen LogP contribution in [0.1, 0.15) is 44.7 Å². The molecule has 2 amide bonds. The predicted molar refractivity (Wildman–Crippen MR) is 98.3 cm³/mol. The van der Waals surface area contributed by atoms with Crippen LogP contribution in [-0.4, -0.2) is 25.7 Å². The third kappa shape index (κ3) is 4.75. The summed E-state index contributed by atoms with van der Waals surface area (Å²) < 4.78 is 11.6. The lowest BCUT2D eigenvalue weighted by Crippen LogP contribution is -2.45. The van der Waals surface area contributed by atoms with E-state index in [-0.39, 0.29) is 6.03 Å². The molecule has 0 fully saturated rings. The van der Waals surface area contributed by atoms with Crippen molar-refractivity contribution in [2.45, 2.75) is 39.2 Å². The van der Waals surface area contributed by atoms with E-state index >= 15 is 0 Å². The highest BCUT2D eigenvalue weighted by atomic mass is 79.9. The quantitative estimate of drug-likeness (QED) is 0.528. The third-order valence-electron chi connectivity index (χ3n) is 3.97. The lowest BCUT2D eigenvalue weighted by molar-refractivity contribution is -0.139. The molecule has 7 heteroatoms. The van der Waals surface area contributed by atoms with Gasteiger partial charge < -0.3 is 20.1 Å². The summed E-state index contributed by atoms with van der Waals surface area (Å²) in [6.07, 6.45) is 2.87. The number of ether oxygens (including phenoxy) is 2. The van der Waals surface area contributed by atoms with Gasteiger partial charge in [0.25, 0.3) is 0 Å². The Bertz CT molecular complexity index is 688. The lowest BCUT2D eigenvalue weighted by atomic mass is 9.95. The lowest BCUT2D eigenvalue weighted by Gasteiger charge is -2.29. The number of methoxy groups -OCH3 is 1. The summed E-state index contributed by atoms with van der Waals surface area (Å²) >= 11 is 3.42. The average Bonchev–Trinajstić information content (AvgIpc) is 2.57. The first-order chi connectivity index (χ1) is 12.0. The maximum Gasteiger partial charge on any atom is 0.338 e. The summed E-state index contributed by atoms with van der Waals surface area (Å²) in [5.41, 5.74) is 1.55. The molecule has 0 aromatic heterocycles. The van der Waals surface area contributed by atoms with Crippen LogP contribution in [0.5, 0.6) is 5.75 Å². The maximum absolute atomic E-state index is 12.6. The van der Waals surface area contributed by atoms with Crippen molar-refractivity contribution in [3.05, 3.63) is 39.5 Å². The highest BCUT2D eigenvalue weighted by Crippen LogP contribution is 2.35. The molecule has 1 heterocycles. The van der Waals surface area contributed by atoms with Crippen molar-refractivity contribution in [2.75, 3.05) is 13.7 Å². The van der Waals surface area contributed by atoms with Crippen molar-refractivity contribution in [3.63, 3.8) is 0 Å².